The molecule has 3 atom stereocenters. The van der Waals surface area contributed by atoms with Gasteiger partial charge in [-0.3, -0.25) is 4.79 Å². The highest BCUT2D eigenvalue weighted by Gasteiger charge is 2.55. The van der Waals surface area contributed by atoms with E-state index in [1.807, 2.05) is 19.2 Å². The van der Waals surface area contributed by atoms with Crippen LogP contribution in [0.5, 0.6) is 0 Å². The molecule has 6 rings (SSSR count). The first-order valence-corrected chi connectivity index (χ1v) is 12.4. The van der Waals surface area contributed by atoms with Crippen LogP contribution >= 0.6 is 0 Å². The topological polar surface area (TPSA) is 54.9 Å². The van der Waals surface area contributed by atoms with Gasteiger partial charge in [0.05, 0.1) is 17.6 Å². The first kappa shape index (κ1) is 21.3. The van der Waals surface area contributed by atoms with E-state index >= 15 is 0 Å². The normalized spacial score (nSPS) is 27.4. The van der Waals surface area contributed by atoms with E-state index in [2.05, 4.69) is 70.7 Å². The molecule has 0 saturated heterocycles. The van der Waals surface area contributed by atoms with Crippen molar-refractivity contribution in [3.05, 3.63) is 95.1 Å². The van der Waals surface area contributed by atoms with Crippen LogP contribution in [0, 0.1) is 18.3 Å². The number of nitrogens with one attached hydrogen (secondary N) is 1. The Balaban J connectivity index is 1.43. The van der Waals surface area contributed by atoms with Crippen LogP contribution in [0.1, 0.15) is 55.0 Å². The third-order valence-electron chi connectivity index (χ3n) is 8.64. The minimum atomic E-state index is 0.0369. The summed E-state index contributed by atoms with van der Waals surface area (Å²) in [6, 6.07) is 17.8. The first-order valence-electron chi connectivity index (χ1n) is 12.4. The number of allylic oxidation sites excluding steroid dienone is 2. The van der Waals surface area contributed by atoms with E-state index in [9.17, 15) is 4.79 Å². The number of nitrogens with zero attached hydrogens (tertiary/aromatic N) is 2. The van der Waals surface area contributed by atoms with Gasteiger partial charge in [-0.25, -0.2) is 9.97 Å². The molecule has 0 aliphatic heterocycles. The molecule has 2 aromatic carbocycles. The second-order valence-corrected chi connectivity index (χ2v) is 10.7. The molecule has 4 nitrogen and oxygen atoms in total. The Morgan fingerprint density at radius 3 is 2.79 bits per heavy atom. The van der Waals surface area contributed by atoms with Crippen LogP contribution in [0.25, 0.3) is 0 Å². The van der Waals surface area contributed by atoms with E-state index in [0.717, 1.165) is 49.2 Å². The lowest BCUT2D eigenvalue weighted by molar-refractivity contribution is -0.115. The molecule has 0 unspecified atom stereocenters. The number of carbonyl (C=O) groups is 1. The van der Waals surface area contributed by atoms with Gasteiger partial charge in [0.1, 0.15) is 6.33 Å². The van der Waals surface area contributed by atoms with E-state index < -0.39 is 0 Å². The van der Waals surface area contributed by atoms with Gasteiger partial charge in [0.15, 0.2) is 5.78 Å². The van der Waals surface area contributed by atoms with Gasteiger partial charge in [-0.2, -0.15) is 0 Å². The van der Waals surface area contributed by atoms with Crippen molar-refractivity contribution < 1.29 is 4.79 Å². The van der Waals surface area contributed by atoms with Gasteiger partial charge in [0, 0.05) is 17.5 Å². The fourth-order valence-corrected chi connectivity index (χ4v) is 6.96. The number of fused-ring (bicyclic) bond motifs is 5. The summed E-state index contributed by atoms with van der Waals surface area (Å²) in [4.78, 5) is 21.0. The predicted molar refractivity (Wildman–Crippen MR) is 135 cm³/mol. The van der Waals surface area contributed by atoms with Crippen LogP contribution in [0.3, 0.4) is 0 Å². The SMILES string of the molecule is Cc1ncncc1Nc1ccc2c(c1)CC[C@@H]1C3=CC(=O)C[C@]3(C)CC[C@@]21Cc1ccccc1. The summed E-state index contributed by atoms with van der Waals surface area (Å²) >= 11 is 0. The van der Waals surface area contributed by atoms with Crippen molar-refractivity contribution in [2.45, 2.75) is 57.8 Å². The van der Waals surface area contributed by atoms with Gasteiger partial charge in [-0.1, -0.05) is 48.9 Å². The molecule has 1 saturated carbocycles. The standard InChI is InChI=1S/C30H31N3O/c1-20-28(18-31-19-32-20)33-23-9-11-25-22(14-23)8-10-26-27-15-24(34)17-29(27,2)12-13-30(25,26)16-21-6-4-3-5-7-21/h3-7,9,11,14-15,18-19,26,33H,8,10,12-13,16-17H2,1-2H3/t26-,29+,30-/m1/s1. The third kappa shape index (κ3) is 3.39. The number of benzene rings is 2. The average Bonchev–Trinajstić information content (AvgIpc) is 3.15. The maximum absolute atomic E-state index is 12.5. The number of anilines is 2. The lowest BCUT2D eigenvalue weighted by Crippen LogP contribution is -2.48. The zero-order valence-corrected chi connectivity index (χ0v) is 20.0. The zero-order valence-electron chi connectivity index (χ0n) is 20.0. The highest BCUT2D eigenvalue weighted by molar-refractivity contribution is 5.94. The molecule has 172 valence electrons. The molecule has 1 fully saturated rings. The number of hydrogen-bond donors (Lipinski definition) is 1. The Labute approximate surface area is 201 Å². The smallest absolute Gasteiger partial charge is 0.156 e. The van der Waals surface area contributed by atoms with Gasteiger partial charge >= 0.3 is 0 Å². The minimum absolute atomic E-state index is 0.0369. The number of aryl methyl sites for hydroxylation is 2. The minimum Gasteiger partial charge on any atom is -0.353 e. The molecule has 0 radical (unpaired) electrons. The molecule has 34 heavy (non-hydrogen) atoms. The van der Waals surface area contributed by atoms with E-state index in [0.29, 0.717) is 18.1 Å². The second-order valence-electron chi connectivity index (χ2n) is 10.7. The fourth-order valence-electron chi connectivity index (χ4n) is 6.96. The number of carbonyl (C=O) groups excluding carboxylic acids is 1. The van der Waals surface area contributed by atoms with Gasteiger partial charge < -0.3 is 5.32 Å². The van der Waals surface area contributed by atoms with Crippen molar-refractivity contribution >= 4 is 17.2 Å². The number of rotatable bonds is 4. The molecular formula is C30H31N3O. The van der Waals surface area contributed by atoms with Gasteiger partial charge in [0.2, 0.25) is 0 Å². The lowest BCUT2D eigenvalue weighted by atomic mass is 9.49. The maximum atomic E-state index is 12.5. The van der Waals surface area contributed by atoms with E-state index in [-0.39, 0.29) is 10.8 Å². The van der Waals surface area contributed by atoms with Crippen LogP contribution in [0.4, 0.5) is 11.4 Å². The Morgan fingerprint density at radius 2 is 1.97 bits per heavy atom. The first-order chi connectivity index (χ1) is 16.5. The summed E-state index contributed by atoms with van der Waals surface area (Å²) in [6.07, 6.45) is 11.5. The summed E-state index contributed by atoms with van der Waals surface area (Å²) in [5.41, 5.74) is 8.76. The highest BCUT2D eigenvalue weighted by atomic mass is 16.1. The highest BCUT2D eigenvalue weighted by Crippen LogP contribution is 2.61. The summed E-state index contributed by atoms with van der Waals surface area (Å²) in [5, 5.41) is 3.52. The molecular weight excluding hydrogens is 418 g/mol. The van der Waals surface area contributed by atoms with E-state index in [1.54, 1.807) is 6.33 Å². The largest absolute Gasteiger partial charge is 0.353 e. The molecule has 0 bridgehead atoms. The molecule has 1 heterocycles. The number of hydrogen-bond acceptors (Lipinski definition) is 4. The van der Waals surface area contributed by atoms with Gasteiger partial charge in [0.25, 0.3) is 0 Å². The lowest BCUT2D eigenvalue weighted by Gasteiger charge is -2.54. The Hall–Kier alpha value is -3.27. The van der Waals surface area contributed by atoms with Crippen molar-refractivity contribution in [2.75, 3.05) is 5.32 Å². The Kier molecular flexibility index (Phi) is 4.94. The molecule has 0 amide bonds. The van der Waals surface area contributed by atoms with Crippen LogP contribution in [-0.4, -0.2) is 15.8 Å². The van der Waals surface area contributed by atoms with E-state index in [4.69, 9.17) is 0 Å². The van der Waals surface area contributed by atoms with E-state index in [1.165, 1.54) is 22.3 Å². The Morgan fingerprint density at radius 1 is 1.12 bits per heavy atom. The van der Waals surface area contributed by atoms with Crippen molar-refractivity contribution in [1.29, 1.82) is 0 Å². The van der Waals surface area contributed by atoms with Crippen LogP contribution in [-0.2, 0) is 23.1 Å². The van der Waals surface area contributed by atoms with Crippen LogP contribution in [0.2, 0.25) is 0 Å². The summed E-state index contributed by atoms with van der Waals surface area (Å²) in [5.74, 6) is 0.743. The summed E-state index contributed by atoms with van der Waals surface area (Å²) < 4.78 is 0. The van der Waals surface area contributed by atoms with Gasteiger partial charge in [-0.15, -0.1) is 0 Å². The predicted octanol–water partition coefficient (Wildman–Crippen LogP) is 6.27. The van der Waals surface area contributed by atoms with Crippen molar-refractivity contribution in [3.8, 4) is 0 Å². The number of aromatic nitrogens is 2. The molecule has 1 aromatic heterocycles. The van der Waals surface area contributed by atoms with Crippen molar-refractivity contribution in [2.24, 2.45) is 11.3 Å². The maximum Gasteiger partial charge on any atom is 0.156 e. The molecule has 1 N–H and O–H groups in total. The third-order valence-corrected chi connectivity index (χ3v) is 8.64. The number of ketones is 1. The zero-order chi connectivity index (χ0) is 23.3. The van der Waals surface area contributed by atoms with Crippen LogP contribution < -0.4 is 5.32 Å². The molecule has 3 aliphatic rings. The molecule has 4 heteroatoms. The summed E-state index contributed by atoms with van der Waals surface area (Å²) in [7, 11) is 0. The molecule has 3 aliphatic carbocycles. The van der Waals surface area contributed by atoms with Crippen molar-refractivity contribution in [3.63, 3.8) is 0 Å². The average molecular weight is 450 g/mol. The van der Waals surface area contributed by atoms with Gasteiger partial charge in [-0.05, 0) is 85.3 Å². The van der Waals surface area contributed by atoms with Crippen LogP contribution in [0.15, 0.2) is 72.7 Å². The molecule has 0 spiro atoms. The second kappa shape index (κ2) is 7.90. The monoisotopic (exact) mass is 449 g/mol. The molecule has 3 aromatic rings. The summed E-state index contributed by atoms with van der Waals surface area (Å²) in [6.45, 7) is 4.32. The quantitative estimate of drug-likeness (QED) is 0.510. The fraction of sp³-hybridized carbons (Fsp3) is 0.367. The van der Waals surface area contributed by atoms with Crippen molar-refractivity contribution in [1.82, 2.24) is 9.97 Å². The Bertz CT molecular complexity index is 1300.